The maximum Gasteiger partial charge on any atom is 0.469 e. The molecule has 9 heteroatoms. The monoisotopic (exact) mass is 439 g/mol. The van der Waals surface area contributed by atoms with Crippen LogP contribution >= 0.6 is 19.2 Å². The highest BCUT2D eigenvalue weighted by molar-refractivity contribution is 7.46. The van der Waals surface area contributed by atoms with E-state index in [0.29, 0.717) is 25.9 Å². The van der Waals surface area contributed by atoms with Gasteiger partial charge in [-0.2, -0.15) is 0 Å². The topological polar surface area (TPSA) is 111 Å². The van der Waals surface area contributed by atoms with Crippen molar-refractivity contribution in [2.75, 3.05) is 20.3 Å². The Bertz CT molecular complexity index is 896. The average Bonchev–Trinajstić information content (AvgIpc) is 3.12. The molecule has 0 aliphatic rings. The molecule has 2 aromatic rings. The number of nitrogens with two attached hydrogens (primary N) is 1. The van der Waals surface area contributed by atoms with Crippen LogP contribution in [0.5, 0.6) is 11.5 Å². The molecular formula is C20H26NO6PS. The maximum atomic E-state index is 10.8. The minimum Gasteiger partial charge on any atom is -0.497 e. The molecule has 0 radical (unpaired) electrons. The molecule has 4 N–H and O–H groups in total. The molecule has 1 unspecified atom stereocenters. The van der Waals surface area contributed by atoms with Crippen molar-refractivity contribution in [2.24, 2.45) is 5.73 Å². The Labute approximate surface area is 175 Å². The number of benzene rings is 1. The van der Waals surface area contributed by atoms with Gasteiger partial charge in [-0.3, -0.25) is 4.52 Å². The predicted molar refractivity (Wildman–Crippen MR) is 113 cm³/mol. The second-order valence-corrected chi connectivity index (χ2v) is 9.17. The SMILES string of the molecule is COc1cccc(OCCC#Cc2ccc(CCC(C)(N)COP(=O)(O)O)s2)c1. The summed E-state index contributed by atoms with van der Waals surface area (Å²) in [6, 6.07) is 11.4. The minimum absolute atomic E-state index is 0.206. The van der Waals surface area contributed by atoms with Crippen LogP contribution in [-0.2, 0) is 15.5 Å². The summed E-state index contributed by atoms with van der Waals surface area (Å²) in [6.07, 6.45) is 1.82. The lowest BCUT2D eigenvalue weighted by molar-refractivity contribution is 0.154. The lowest BCUT2D eigenvalue weighted by atomic mass is 9.98. The predicted octanol–water partition coefficient (Wildman–Crippen LogP) is 3.34. The standard InChI is InChI=1S/C20H26NO6PS/c1-20(21,15-27-28(22,23)24)12-11-19-10-9-18(29-19)8-3-4-13-26-17-7-5-6-16(14-17)25-2/h5-7,9-10,14H,4,11-13,15,21H2,1-2H3,(H2,22,23,24). The number of rotatable bonds is 10. The summed E-state index contributed by atoms with van der Waals surface area (Å²) in [5.74, 6) is 7.72. The van der Waals surface area contributed by atoms with Crippen LogP contribution in [0, 0.1) is 11.8 Å². The van der Waals surface area contributed by atoms with Gasteiger partial charge in [-0.15, -0.1) is 11.3 Å². The summed E-state index contributed by atoms with van der Waals surface area (Å²) < 4.78 is 26.1. The molecule has 0 spiro atoms. The number of phosphoric ester groups is 1. The highest BCUT2D eigenvalue weighted by atomic mass is 32.1. The zero-order valence-corrected chi connectivity index (χ0v) is 18.2. The molecule has 29 heavy (non-hydrogen) atoms. The molecule has 0 fully saturated rings. The van der Waals surface area contributed by atoms with Crippen LogP contribution in [-0.4, -0.2) is 35.6 Å². The minimum atomic E-state index is -4.51. The molecule has 1 aromatic carbocycles. The van der Waals surface area contributed by atoms with Crippen LogP contribution in [0.3, 0.4) is 0 Å². The third-order valence-corrected chi connectivity index (χ3v) is 5.44. The van der Waals surface area contributed by atoms with Crippen molar-refractivity contribution in [3.8, 4) is 23.3 Å². The van der Waals surface area contributed by atoms with Crippen LogP contribution in [0.2, 0.25) is 0 Å². The maximum absolute atomic E-state index is 10.8. The van der Waals surface area contributed by atoms with Crippen molar-refractivity contribution < 1.29 is 28.3 Å². The fraction of sp³-hybridized carbons (Fsp3) is 0.400. The molecular weight excluding hydrogens is 413 g/mol. The zero-order valence-electron chi connectivity index (χ0n) is 16.5. The van der Waals surface area contributed by atoms with Gasteiger partial charge < -0.3 is 25.0 Å². The molecule has 0 bridgehead atoms. The van der Waals surface area contributed by atoms with Gasteiger partial charge in [0.05, 0.1) is 25.2 Å². The first-order valence-corrected chi connectivity index (χ1v) is 11.3. The van der Waals surface area contributed by atoms with E-state index in [0.717, 1.165) is 21.3 Å². The van der Waals surface area contributed by atoms with Crippen LogP contribution in [0.25, 0.3) is 0 Å². The highest BCUT2D eigenvalue weighted by Crippen LogP contribution is 2.37. The van der Waals surface area contributed by atoms with Crippen molar-refractivity contribution in [2.45, 2.75) is 31.7 Å². The van der Waals surface area contributed by atoms with Crippen molar-refractivity contribution in [3.05, 3.63) is 46.2 Å². The van der Waals surface area contributed by atoms with Gasteiger partial charge in [0.1, 0.15) is 11.5 Å². The molecule has 1 heterocycles. The van der Waals surface area contributed by atoms with E-state index in [9.17, 15) is 4.57 Å². The van der Waals surface area contributed by atoms with Crippen molar-refractivity contribution in [1.82, 2.24) is 0 Å². The smallest absolute Gasteiger partial charge is 0.469 e. The number of hydrogen-bond donors (Lipinski definition) is 3. The summed E-state index contributed by atoms with van der Waals surface area (Å²) >= 11 is 1.58. The van der Waals surface area contributed by atoms with E-state index in [2.05, 4.69) is 16.4 Å². The van der Waals surface area contributed by atoms with Gasteiger partial charge >= 0.3 is 7.82 Å². The van der Waals surface area contributed by atoms with E-state index in [1.165, 1.54) is 0 Å². The van der Waals surface area contributed by atoms with E-state index in [4.69, 9.17) is 25.0 Å². The Balaban J connectivity index is 1.75. The van der Waals surface area contributed by atoms with Crippen LogP contribution in [0.15, 0.2) is 36.4 Å². The number of phosphoric acid groups is 1. The van der Waals surface area contributed by atoms with Crippen molar-refractivity contribution >= 4 is 19.2 Å². The molecule has 0 saturated carbocycles. The van der Waals surface area contributed by atoms with Crippen LogP contribution in [0.4, 0.5) is 0 Å². The van der Waals surface area contributed by atoms with Gasteiger partial charge in [-0.1, -0.05) is 17.9 Å². The van der Waals surface area contributed by atoms with Gasteiger partial charge in [-0.25, -0.2) is 4.57 Å². The Morgan fingerprint density at radius 3 is 2.72 bits per heavy atom. The third-order valence-electron chi connectivity index (χ3n) is 3.92. The van der Waals surface area contributed by atoms with E-state index in [1.54, 1.807) is 25.4 Å². The van der Waals surface area contributed by atoms with Gasteiger partial charge in [0.15, 0.2) is 0 Å². The molecule has 1 aromatic heterocycles. The molecule has 1 atom stereocenters. The van der Waals surface area contributed by atoms with Gasteiger partial charge in [0.2, 0.25) is 0 Å². The number of hydrogen-bond acceptors (Lipinski definition) is 6. The lowest BCUT2D eigenvalue weighted by Gasteiger charge is -2.24. The third kappa shape index (κ3) is 9.46. The largest absolute Gasteiger partial charge is 0.497 e. The first kappa shape index (κ1) is 23.4. The Morgan fingerprint density at radius 1 is 1.24 bits per heavy atom. The molecule has 158 valence electrons. The van der Waals surface area contributed by atoms with Crippen LogP contribution in [0.1, 0.15) is 29.5 Å². The van der Waals surface area contributed by atoms with E-state index in [-0.39, 0.29) is 6.61 Å². The zero-order chi connectivity index (χ0) is 21.3. The number of methoxy groups -OCH3 is 1. The number of aryl methyl sites for hydroxylation is 1. The Kier molecular flexibility index (Phi) is 8.72. The summed E-state index contributed by atoms with van der Waals surface area (Å²) in [4.78, 5) is 19.6. The number of ether oxygens (including phenoxy) is 2. The molecule has 2 rings (SSSR count). The molecule has 0 aliphatic carbocycles. The lowest BCUT2D eigenvalue weighted by Crippen LogP contribution is -2.41. The fourth-order valence-electron chi connectivity index (χ4n) is 2.35. The second-order valence-electron chi connectivity index (χ2n) is 6.76. The Hall–Kier alpha value is -1.85. The van der Waals surface area contributed by atoms with Gasteiger partial charge in [0, 0.05) is 22.9 Å². The highest BCUT2D eigenvalue weighted by Gasteiger charge is 2.24. The average molecular weight is 439 g/mol. The van der Waals surface area contributed by atoms with Crippen molar-refractivity contribution in [1.29, 1.82) is 0 Å². The van der Waals surface area contributed by atoms with Crippen LogP contribution < -0.4 is 15.2 Å². The second kappa shape index (κ2) is 10.8. The van der Waals surface area contributed by atoms with Gasteiger partial charge in [0.25, 0.3) is 0 Å². The molecule has 0 amide bonds. The first-order chi connectivity index (χ1) is 13.7. The molecule has 0 saturated heterocycles. The summed E-state index contributed by atoms with van der Waals surface area (Å²) in [5.41, 5.74) is 5.22. The summed E-state index contributed by atoms with van der Waals surface area (Å²) in [5, 5.41) is 0. The summed E-state index contributed by atoms with van der Waals surface area (Å²) in [7, 11) is -2.89. The fourth-order valence-corrected chi connectivity index (χ4v) is 3.70. The molecule has 0 aliphatic heterocycles. The van der Waals surface area contributed by atoms with E-state index in [1.807, 2.05) is 36.4 Å². The van der Waals surface area contributed by atoms with Gasteiger partial charge in [-0.05, 0) is 44.0 Å². The quantitative estimate of drug-likeness (QED) is 0.296. The van der Waals surface area contributed by atoms with E-state index < -0.39 is 13.4 Å². The molecule has 7 nitrogen and oxygen atoms in total. The summed E-state index contributed by atoms with van der Waals surface area (Å²) in [6.45, 7) is 1.99. The first-order valence-electron chi connectivity index (χ1n) is 9.00. The normalized spacial score (nSPS) is 13.3. The Morgan fingerprint density at radius 2 is 2.00 bits per heavy atom. The van der Waals surface area contributed by atoms with Crippen molar-refractivity contribution in [3.63, 3.8) is 0 Å². The van der Waals surface area contributed by atoms with E-state index >= 15 is 0 Å². The number of thiophene rings is 1.